The van der Waals surface area contributed by atoms with Crippen molar-refractivity contribution >= 4 is 40.6 Å². The summed E-state index contributed by atoms with van der Waals surface area (Å²) >= 11 is 12.5. The lowest BCUT2D eigenvalue weighted by molar-refractivity contribution is -0.141. The number of ether oxygens (including phenoxy) is 1. The molecule has 0 N–H and O–H groups in total. The normalized spacial score (nSPS) is 26.6. The second-order valence-electron chi connectivity index (χ2n) is 8.28. The molecule has 3 aliphatic rings. The minimum Gasteiger partial charge on any atom is -0.372 e. The van der Waals surface area contributed by atoms with Gasteiger partial charge < -0.3 is 9.64 Å². The van der Waals surface area contributed by atoms with Gasteiger partial charge in [-0.25, -0.2) is 0 Å². The largest absolute Gasteiger partial charge is 0.372 e. The molecule has 0 radical (unpaired) electrons. The van der Waals surface area contributed by atoms with Gasteiger partial charge in [0.05, 0.1) is 22.8 Å². The lowest BCUT2D eigenvalue weighted by Gasteiger charge is -2.37. The molecule has 5 nitrogen and oxygen atoms in total. The van der Waals surface area contributed by atoms with Crippen LogP contribution in [0.1, 0.15) is 51.5 Å². The molecule has 2 heterocycles. The van der Waals surface area contributed by atoms with Gasteiger partial charge >= 0.3 is 0 Å². The van der Waals surface area contributed by atoms with Crippen molar-refractivity contribution in [3.63, 3.8) is 0 Å². The van der Waals surface area contributed by atoms with Crippen molar-refractivity contribution in [2.75, 3.05) is 13.1 Å². The highest BCUT2D eigenvalue weighted by molar-refractivity contribution is 6.41. The Kier molecular flexibility index (Phi) is 5.92. The number of morpholine rings is 1. The second kappa shape index (κ2) is 8.29. The number of carbonyl (C=O) groups is 2. The van der Waals surface area contributed by atoms with Crippen molar-refractivity contribution in [2.45, 2.75) is 64.2 Å². The maximum absolute atomic E-state index is 13.6. The molecule has 0 aromatic heterocycles. The predicted octanol–water partition coefficient (Wildman–Crippen LogP) is 4.52. The van der Waals surface area contributed by atoms with Gasteiger partial charge in [-0.2, -0.15) is 0 Å². The summed E-state index contributed by atoms with van der Waals surface area (Å²) in [5.74, 6) is -0.447. The summed E-state index contributed by atoms with van der Waals surface area (Å²) in [6.45, 7) is 5.09. The van der Waals surface area contributed by atoms with E-state index in [1.54, 1.807) is 18.2 Å². The molecule has 7 heteroatoms. The molecule has 1 aromatic rings. The minimum absolute atomic E-state index is 0.0279. The molecule has 1 saturated carbocycles. The molecule has 2 fully saturated rings. The number of benzene rings is 1. The van der Waals surface area contributed by atoms with Crippen LogP contribution in [0.3, 0.4) is 0 Å². The summed E-state index contributed by atoms with van der Waals surface area (Å²) in [4.78, 5) is 30.6. The number of halogens is 2. The first kappa shape index (κ1) is 20.7. The van der Waals surface area contributed by atoms with E-state index in [4.69, 9.17) is 27.9 Å². The summed E-state index contributed by atoms with van der Waals surface area (Å²) in [5, 5.41) is 0.876. The third-order valence-electron chi connectivity index (χ3n) is 5.97. The van der Waals surface area contributed by atoms with Crippen LogP contribution in [0.25, 0.3) is 5.57 Å². The number of hydrogen-bond donors (Lipinski definition) is 0. The monoisotopic (exact) mass is 436 g/mol. The van der Waals surface area contributed by atoms with Crippen LogP contribution in [0.5, 0.6) is 0 Å². The molecular formula is C22H26Cl2N2O3. The first-order valence-electron chi connectivity index (χ1n) is 10.3. The molecule has 156 valence electrons. The van der Waals surface area contributed by atoms with E-state index < -0.39 is 0 Å². The van der Waals surface area contributed by atoms with Crippen LogP contribution in [0, 0.1) is 0 Å². The zero-order valence-corrected chi connectivity index (χ0v) is 18.3. The predicted molar refractivity (Wildman–Crippen MR) is 114 cm³/mol. The smallest absolute Gasteiger partial charge is 0.278 e. The van der Waals surface area contributed by atoms with Crippen molar-refractivity contribution in [3.05, 3.63) is 39.5 Å². The van der Waals surface area contributed by atoms with Crippen molar-refractivity contribution in [1.82, 2.24) is 9.80 Å². The molecule has 4 rings (SSSR count). The molecule has 29 heavy (non-hydrogen) atoms. The van der Waals surface area contributed by atoms with Gasteiger partial charge in [0.1, 0.15) is 5.70 Å². The lowest BCUT2D eigenvalue weighted by Crippen LogP contribution is -2.48. The van der Waals surface area contributed by atoms with E-state index in [0.717, 1.165) is 32.1 Å². The third-order valence-corrected chi connectivity index (χ3v) is 6.51. The van der Waals surface area contributed by atoms with Crippen LogP contribution in [-0.4, -0.2) is 53.0 Å². The van der Waals surface area contributed by atoms with Crippen LogP contribution in [0.4, 0.5) is 0 Å². The summed E-state index contributed by atoms with van der Waals surface area (Å²) in [5.41, 5.74) is 1.41. The van der Waals surface area contributed by atoms with Gasteiger partial charge in [0.2, 0.25) is 0 Å². The van der Waals surface area contributed by atoms with Gasteiger partial charge in [0.15, 0.2) is 0 Å². The number of imide groups is 1. The SMILES string of the molecule is CC1CN(C2=C(c3ccc(Cl)cc3Cl)C(=O)N(C3CCCCC3)C2=O)CC(C)O1. The number of rotatable bonds is 3. The summed E-state index contributed by atoms with van der Waals surface area (Å²) in [6.07, 6.45) is 4.91. The first-order chi connectivity index (χ1) is 13.9. The quantitative estimate of drug-likeness (QED) is 0.653. The highest BCUT2D eigenvalue weighted by Crippen LogP contribution is 2.39. The molecule has 0 bridgehead atoms. The summed E-state index contributed by atoms with van der Waals surface area (Å²) in [7, 11) is 0. The zero-order valence-electron chi connectivity index (χ0n) is 16.8. The molecule has 2 atom stereocenters. The third kappa shape index (κ3) is 3.92. The van der Waals surface area contributed by atoms with Gasteiger partial charge in [-0.3, -0.25) is 14.5 Å². The topological polar surface area (TPSA) is 49.9 Å². The van der Waals surface area contributed by atoms with Crippen molar-refractivity contribution in [3.8, 4) is 0 Å². The molecule has 2 aliphatic heterocycles. The molecular weight excluding hydrogens is 411 g/mol. The average Bonchev–Trinajstić information content (AvgIpc) is 2.92. The van der Waals surface area contributed by atoms with Crippen LogP contribution in [0.2, 0.25) is 10.0 Å². The molecule has 2 amide bonds. The Morgan fingerprint density at radius 3 is 2.24 bits per heavy atom. The molecule has 2 unspecified atom stereocenters. The van der Waals surface area contributed by atoms with E-state index in [1.807, 2.05) is 18.7 Å². The maximum atomic E-state index is 13.6. The van der Waals surface area contributed by atoms with Gasteiger partial charge in [0, 0.05) is 29.7 Å². The Balaban J connectivity index is 1.80. The summed E-state index contributed by atoms with van der Waals surface area (Å²) in [6, 6.07) is 5.02. The van der Waals surface area contributed by atoms with Crippen LogP contribution in [0.15, 0.2) is 23.9 Å². The fraction of sp³-hybridized carbons (Fsp3) is 0.545. The van der Waals surface area contributed by atoms with Crippen LogP contribution >= 0.6 is 23.2 Å². The highest BCUT2D eigenvalue weighted by atomic mass is 35.5. The van der Waals surface area contributed by atoms with Gasteiger partial charge in [-0.1, -0.05) is 48.5 Å². The van der Waals surface area contributed by atoms with Gasteiger partial charge in [-0.05, 0) is 38.8 Å². The molecule has 1 aliphatic carbocycles. The van der Waals surface area contributed by atoms with Crippen molar-refractivity contribution in [1.29, 1.82) is 0 Å². The molecule has 0 spiro atoms. The fourth-order valence-electron chi connectivity index (χ4n) is 4.79. The second-order valence-corrected chi connectivity index (χ2v) is 9.13. The van der Waals surface area contributed by atoms with Crippen LogP contribution < -0.4 is 0 Å². The Morgan fingerprint density at radius 2 is 1.62 bits per heavy atom. The molecule has 1 saturated heterocycles. The summed E-state index contributed by atoms with van der Waals surface area (Å²) < 4.78 is 5.84. The van der Waals surface area contributed by atoms with E-state index in [2.05, 4.69) is 0 Å². The zero-order chi connectivity index (χ0) is 20.7. The Morgan fingerprint density at radius 1 is 0.966 bits per heavy atom. The van der Waals surface area contributed by atoms with E-state index in [1.165, 1.54) is 4.90 Å². The van der Waals surface area contributed by atoms with Gasteiger partial charge in [-0.15, -0.1) is 0 Å². The van der Waals surface area contributed by atoms with Crippen LogP contribution in [-0.2, 0) is 14.3 Å². The van der Waals surface area contributed by atoms with E-state index in [9.17, 15) is 9.59 Å². The van der Waals surface area contributed by atoms with E-state index >= 15 is 0 Å². The van der Waals surface area contributed by atoms with E-state index in [-0.39, 0.29) is 30.1 Å². The Hall–Kier alpha value is -1.56. The van der Waals surface area contributed by atoms with Crippen molar-refractivity contribution in [2.24, 2.45) is 0 Å². The minimum atomic E-state index is -0.243. The number of hydrogen-bond acceptors (Lipinski definition) is 4. The first-order valence-corrected chi connectivity index (χ1v) is 11.1. The Labute approximate surface area is 181 Å². The highest BCUT2D eigenvalue weighted by Gasteiger charge is 2.46. The maximum Gasteiger partial charge on any atom is 0.278 e. The fourth-order valence-corrected chi connectivity index (χ4v) is 5.30. The number of nitrogens with zero attached hydrogens (tertiary/aromatic N) is 2. The Bertz CT molecular complexity index is 854. The lowest BCUT2D eigenvalue weighted by atomic mass is 9.94. The van der Waals surface area contributed by atoms with Gasteiger partial charge in [0.25, 0.3) is 11.8 Å². The van der Waals surface area contributed by atoms with Crippen molar-refractivity contribution < 1.29 is 14.3 Å². The molecule has 1 aromatic carbocycles. The standard InChI is InChI=1S/C22H26Cl2N2O3/c1-13-11-25(12-14(2)29-13)20-19(17-9-8-15(23)10-18(17)24)21(27)26(22(20)28)16-6-4-3-5-7-16/h8-10,13-14,16H,3-7,11-12H2,1-2H3. The van der Waals surface area contributed by atoms with E-state index in [0.29, 0.717) is 40.0 Å². The number of carbonyl (C=O) groups excluding carboxylic acids is 2. The average molecular weight is 437 g/mol. The number of amides is 2.